The van der Waals surface area contributed by atoms with Crippen molar-refractivity contribution < 1.29 is 43.3 Å². The van der Waals surface area contributed by atoms with Crippen LogP contribution >= 0.6 is 0 Å². The zero-order valence-electron chi connectivity index (χ0n) is 25.5. The van der Waals surface area contributed by atoms with E-state index >= 15 is 0 Å². The summed E-state index contributed by atoms with van der Waals surface area (Å²) in [6, 6.07) is 0. The third-order valence-corrected chi connectivity index (χ3v) is 13.2. The lowest BCUT2D eigenvalue weighted by Gasteiger charge is -2.61. The number of Topliss-reactive ketones (excluding diaryl/α,β-unsaturated/α-hetero) is 1. The van der Waals surface area contributed by atoms with Crippen molar-refractivity contribution in [2.24, 2.45) is 47.3 Å². The zero-order chi connectivity index (χ0) is 28.5. The van der Waals surface area contributed by atoms with Crippen LogP contribution in [0, 0.1) is 47.3 Å². The number of ether oxygens (including phenoxy) is 4. The first-order valence-corrected chi connectivity index (χ1v) is 16.4. The van der Waals surface area contributed by atoms with Crippen molar-refractivity contribution in [3.05, 3.63) is 0 Å². The van der Waals surface area contributed by atoms with E-state index in [0.717, 1.165) is 51.4 Å². The van der Waals surface area contributed by atoms with Crippen LogP contribution in [0.2, 0.25) is 0 Å². The summed E-state index contributed by atoms with van der Waals surface area (Å²) in [4.78, 5) is 38.8. The van der Waals surface area contributed by atoms with E-state index in [9.17, 15) is 4.79 Å². The smallest absolute Gasteiger partial charge is 0.201 e. The maximum Gasteiger partial charge on any atom is 0.201 e. The second kappa shape index (κ2) is 9.19. The van der Waals surface area contributed by atoms with Gasteiger partial charge in [0.25, 0.3) is 0 Å². The molecule has 9 heteroatoms. The zero-order valence-corrected chi connectivity index (χ0v) is 25.5. The van der Waals surface area contributed by atoms with Crippen LogP contribution in [0.5, 0.6) is 0 Å². The summed E-state index contributed by atoms with van der Waals surface area (Å²) in [7, 11) is 0. The summed E-state index contributed by atoms with van der Waals surface area (Å²) in [6.07, 6.45) is 5.99. The van der Waals surface area contributed by atoms with Gasteiger partial charge in [0, 0.05) is 31.1 Å². The van der Waals surface area contributed by atoms with E-state index in [1.807, 2.05) is 13.8 Å². The Morgan fingerprint density at radius 3 is 1.71 bits per heavy atom. The Labute approximate surface area is 243 Å². The number of rotatable bonds is 3. The van der Waals surface area contributed by atoms with Gasteiger partial charge in [0.2, 0.25) is 11.6 Å². The molecular formula is C32H48O9. The van der Waals surface area contributed by atoms with Crippen molar-refractivity contribution in [1.82, 2.24) is 0 Å². The minimum absolute atomic E-state index is 0.0191. The molecule has 2 spiro atoms. The van der Waals surface area contributed by atoms with Crippen molar-refractivity contribution >= 4 is 5.78 Å². The Morgan fingerprint density at radius 2 is 1.15 bits per heavy atom. The van der Waals surface area contributed by atoms with E-state index in [1.54, 1.807) is 0 Å². The maximum absolute atomic E-state index is 14.2. The topological polar surface area (TPSA) is 90.9 Å². The Morgan fingerprint density at radius 1 is 0.634 bits per heavy atom. The molecule has 0 aromatic carbocycles. The van der Waals surface area contributed by atoms with Gasteiger partial charge in [-0.2, -0.15) is 0 Å². The normalized spacial score (nSPS) is 60.9. The van der Waals surface area contributed by atoms with Crippen molar-refractivity contribution in [2.75, 3.05) is 0 Å². The van der Waals surface area contributed by atoms with Gasteiger partial charge in [0.05, 0.1) is 6.10 Å². The number of hydrogen-bond acceptors (Lipinski definition) is 9. The summed E-state index contributed by atoms with van der Waals surface area (Å²) in [6.45, 7) is 12.9. The second-order valence-corrected chi connectivity index (χ2v) is 15.4. The van der Waals surface area contributed by atoms with E-state index in [0.29, 0.717) is 17.8 Å². The molecule has 10 aliphatic rings. The third kappa shape index (κ3) is 3.73. The quantitative estimate of drug-likeness (QED) is 0.407. The molecule has 41 heavy (non-hydrogen) atoms. The Bertz CT molecular complexity index is 1090. The summed E-state index contributed by atoms with van der Waals surface area (Å²) >= 11 is 0. The van der Waals surface area contributed by atoms with Crippen LogP contribution in [0.15, 0.2) is 0 Å². The molecule has 0 N–H and O–H groups in total. The fourth-order valence-corrected chi connectivity index (χ4v) is 10.8. The highest BCUT2D eigenvalue weighted by Crippen LogP contribution is 2.62. The third-order valence-electron chi connectivity index (χ3n) is 13.2. The predicted octanol–water partition coefficient (Wildman–Crippen LogP) is 5.45. The lowest BCUT2D eigenvalue weighted by Crippen LogP contribution is -2.71. The minimum Gasteiger partial charge on any atom is -0.345 e. The van der Waals surface area contributed by atoms with Crippen molar-refractivity contribution in [3.63, 3.8) is 0 Å². The molecule has 2 aliphatic carbocycles. The summed E-state index contributed by atoms with van der Waals surface area (Å²) in [5.41, 5.74) is -1.29. The Hall–Kier alpha value is -0.650. The highest BCUT2D eigenvalue weighted by molar-refractivity contribution is 5.84. The molecule has 10 rings (SSSR count). The van der Waals surface area contributed by atoms with E-state index in [-0.39, 0.29) is 47.9 Å². The molecule has 8 heterocycles. The van der Waals surface area contributed by atoms with Crippen molar-refractivity contribution in [3.8, 4) is 0 Å². The summed E-state index contributed by atoms with van der Waals surface area (Å²) < 4.78 is 26.5. The van der Waals surface area contributed by atoms with Gasteiger partial charge in [-0.15, -0.1) is 0 Å². The fraction of sp³-hybridized carbons (Fsp3) is 0.969. The standard InChI is InChI=1S/C32H48O9/c1-16-7-9-22-18(3)25(34-27-31(22)20(16)11-13-29(5,36-27)38-40-31)15-24(33)26-19(4)23-10-8-17(2)21-12-14-30(6)37-28(35-26)32(21,23)41-39-30/h16-23,25-28H,7-15H2,1-6H3. The summed E-state index contributed by atoms with van der Waals surface area (Å²) in [5, 5.41) is 0. The SMILES string of the molecule is CC1CCC2C(C)C(CC(=O)C3OC4OC5(C)CCC6C(C)CCC(C3C)C46OO5)OC3OC4(C)CCC1C32OO4. The van der Waals surface area contributed by atoms with Crippen LogP contribution in [0.25, 0.3) is 0 Å². The van der Waals surface area contributed by atoms with E-state index < -0.39 is 41.5 Å². The molecule has 16 atom stereocenters. The molecule has 0 aromatic rings. The van der Waals surface area contributed by atoms with E-state index in [2.05, 4.69) is 27.7 Å². The molecule has 9 nitrogen and oxygen atoms in total. The van der Waals surface area contributed by atoms with Crippen LogP contribution in [0.1, 0.15) is 99.3 Å². The monoisotopic (exact) mass is 576 g/mol. The molecule has 8 aliphatic heterocycles. The Kier molecular flexibility index (Phi) is 6.25. The highest BCUT2D eigenvalue weighted by atomic mass is 17.3. The van der Waals surface area contributed by atoms with Crippen LogP contribution in [-0.4, -0.2) is 53.3 Å². The molecule has 10 fully saturated rings. The van der Waals surface area contributed by atoms with Gasteiger partial charge in [-0.3, -0.25) is 4.79 Å². The first-order chi connectivity index (χ1) is 19.5. The average Bonchev–Trinajstić information content (AvgIpc) is 3.31. The lowest BCUT2D eigenvalue weighted by atomic mass is 9.56. The van der Waals surface area contributed by atoms with Gasteiger partial charge in [-0.05, 0) is 87.9 Å². The van der Waals surface area contributed by atoms with Crippen LogP contribution in [-0.2, 0) is 43.3 Å². The number of fused-ring (bicyclic) bond motifs is 4. The van der Waals surface area contributed by atoms with Gasteiger partial charge in [0.15, 0.2) is 29.6 Å². The lowest BCUT2D eigenvalue weighted by molar-refractivity contribution is -0.571. The van der Waals surface area contributed by atoms with Gasteiger partial charge in [-0.25, -0.2) is 19.6 Å². The number of carbonyl (C=O) groups excluding carboxylic acids is 1. The molecule has 0 amide bonds. The van der Waals surface area contributed by atoms with Gasteiger partial charge in [0.1, 0.15) is 6.10 Å². The largest absolute Gasteiger partial charge is 0.345 e. The molecule has 0 radical (unpaired) electrons. The molecule has 8 saturated heterocycles. The van der Waals surface area contributed by atoms with Gasteiger partial charge >= 0.3 is 0 Å². The molecule has 16 unspecified atom stereocenters. The van der Waals surface area contributed by atoms with E-state index in [4.69, 9.17) is 38.5 Å². The average molecular weight is 577 g/mol. The first kappa shape index (κ1) is 27.9. The van der Waals surface area contributed by atoms with Crippen LogP contribution < -0.4 is 0 Å². The van der Waals surface area contributed by atoms with E-state index in [1.165, 1.54) is 0 Å². The highest BCUT2D eigenvalue weighted by Gasteiger charge is 2.71. The maximum atomic E-state index is 14.2. The first-order valence-electron chi connectivity index (χ1n) is 16.4. The molecule has 0 aromatic heterocycles. The van der Waals surface area contributed by atoms with Crippen LogP contribution in [0.4, 0.5) is 0 Å². The molecule has 4 bridgehead atoms. The second-order valence-electron chi connectivity index (χ2n) is 15.4. The summed E-state index contributed by atoms with van der Waals surface area (Å²) in [5.74, 6) is 0.382. The van der Waals surface area contributed by atoms with Gasteiger partial charge in [-0.1, -0.05) is 27.7 Å². The molecule has 230 valence electrons. The number of ketones is 1. The predicted molar refractivity (Wildman–Crippen MR) is 143 cm³/mol. The van der Waals surface area contributed by atoms with Crippen molar-refractivity contribution in [1.29, 1.82) is 0 Å². The fourth-order valence-electron chi connectivity index (χ4n) is 10.8. The molecular weight excluding hydrogens is 528 g/mol. The van der Waals surface area contributed by atoms with Crippen LogP contribution in [0.3, 0.4) is 0 Å². The molecule has 2 saturated carbocycles. The minimum atomic E-state index is -0.857. The van der Waals surface area contributed by atoms with Crippen molar-refractivity contribution in [2.45, 2.75) is 147 Å². The number of hydrogen-bond donors (Lipinski definition) is 0. The van der Waals surface area contributed by atoms with Gasteiger partial charge < -0.3 is 18.9 Å². The number of carbonyl (C=O) groups is 1. The Balaban J connectivity index is 1.06.